The predicted octanol–water partition coefficient (Wildman–Crippen LogP) is 4.99. The van der Waals surface area contributed by atoms with E-state index < -0.39 is 13.4 Å². The fourth-order valence-corrected chi connectivity index (χ4v) is 4.54. The monoisotopic (exact) mass is 340 g/mol. The average molecular weight is 340 g/mol. The summed E-state index contributed by atoms with van der Waals surface area (Å²) >= 11 is 0. The second kappa shape index (κ2) is 7.94. The molecule has 0 heterocycles. The number of hydrogen-bond acceptors (Lipinski definition) is 3. The lowest BCUT2D eigenvalue weighted by Gasteiger charge is -2.39. The summed E-state index contributed by atoms with van der Waals surface area (Å²) in [4.78, 5) is 10.3. The van der Waals surface area contributed by atoms with Crippen molar-refractivity contribution in [2.75, 3.05) is 7.11 Å². The lowest BCUT2D eigenvalue weighted by Crippen LogP contribution is -2.35. The molecular formula is C18H29O4P. The molecule has 1 aromatic carbocycles. The Hall–Kier alpha value is -0.670. The van der Waals surface area contributed by atoms with Crippen molar-refractivity contribution < 1.29 is 18.7 Å². The Morgan fingerprint density at radius 3 is 2.43 bits per heavy atom. The van der Waals surface area contributed by atoms with E-state index in [-0.39, 0.29) is 6.10 Å². The van der Waals surface area contributed by atoms with E-state index in [0.717, 1.165) is 12.8 Å². The van der Waals surface area contributed by atoms with Crippen LogP contribution in [0.4, 0.5) is 0 Å². The molecule has 0 spiro atoms. The van der Waals surface area contributed by atoms with E-state index in [1.807, 2.05) is 30.3 Å². The normalized spacial score (nSPS) is 29.2. The molecule has 0 aromatic heterocycles. The van der Waals surface area contributed by atoms with Crippen LogP contribution in [0.2, 0.25) is 0 Å². The Morgan fingerprint density at radius 2 is 1.87 bits per heavy atom. The van der Waals surface area contributed by atoms with Crippen molar-refractivity contribution in [2.24, 2.45) is 17.8 Å². The third-order valence-corrected chi connectivity index (χ3v) is 6.44. The first-order valence-electron chi connectivity index (χ1n) is 8.43. The largest absolute Gasteiger partial charge is 0.360 e. The van der Waals surface area contributed by atoms with Crippen molar-refractivity contribution in [2.45, 2.75) is 52.0 Å². The molecule has 4 unspecified atom stereocenters. The summed E-state index contributed by atoms with van der Waals surface area (Å²) in [6, 6.07) is 9.23. The lowest BCUT2D eigenvalue weighted by molar-refractivity contribution is -0.0617. The Kier molecular flexibility index (Phi) is 6.44. The standard InChI is InChI=1S/C18H29O4P/c1-13(2)16-11-10-14(3)12-17(16)22-18(23(19,20)21-4)15-8-6-5-7-9-15/h5-9,13-14,16-18H,10-12H2,1-4H3,(H,19,20)/t14?,16?,17?,18-/m0/s1. The predicted molar refractivity (Wildman–Crippen MR) is 92.2 cm³/mol. The second-order valence-electron chi connectivity index (χ2n) is 7.01. The maximum absolute atomic E-state index is 12.5. The highest BCUT2D eigenvalue weighted by molar-refractivity contribution is 7.53. The van der Waals surface area contributed by atoms with Gasteiger partial charge >= 0.3 is 7.60 Å². The quantitative estimate of drug-likeness (QED) is 0.741. The van der Waals surface area contributed by atoms with E-state index in [2.05, 4.69) is 20.8 Å². The first-order valence-corrected chi connectivity index (χ1v) is 10.1. The van der Waals surface area contributed by atoms with Crippen LogP contribution in [0.1, 0.15) is 51.4 Å². The topological polar surface area (TPSA) is 55.8 Å². The summed E-state index contributed by atoms with van der Waals surface area (Å²) in [5.41, 5.74) is 0.695. The fraction of sp³-hybridized carbons (Fsp3) is 0.667. The van der Waals surface area contributed by atoms with Crippen LogP contribution in [-0.4, -0.2) is 18.1 Å². The van der Waals surface area contributed by atoms with Gasteiger partial charge in [-0.15, -0.1) is 0 Å². The van der Waals surface area contributed by atoms with Crippen molar-refractivity contribution >= 4 is 7.60 Å². The minimum Gasteiger partial charge on any atom is -0.357 e. The van der Waals surface area contributed by atoms with Crippen LogP contribution < -0.4 is 0 Å². The van der Waals surface area contributed by atoms with Gasteiger partial charge in [-0.25, -0.2) is 0 Å². The zero-order chi connectivity index (χ0) is 17.0. The van der Waals surface area contributed by atoms with Crippen molar-refractivity contribution in [3.63, 3.8) is 0 Å². The Labute approximate surface area is 139 Å². The molecule has 1 fully saturated rings. The smallest absolute Gasteiger partial charge is 0.357 e. The van der Waals surface area contributed by atoms with Crippen molar-refractivity contribution in [3.05, 3.63) is 35.9 Å². The van der Waals surface area contributed by atoms with Crippen LogP contribution in [0.25, 0.3) is 0 Å². The van der Waals surface area contributed by atoms with Crippen molar-refractivity contribution in [1.29, 1.82) is 0 Å². The SMILES string of the molecule is COP(=O)(O)[C@H](OC1CC(C)CCC1C(C)C)c1ccccc1. The third-order valence-electron chi connectivity index (χ3n) is 4.91. The van der Waals surface area contributed by atoms with E-state index in [1.165, 1.54) is 13.5 Å². The zero-order valence-corrected chi connectivity index (χ0v) is 15.4. The number of rotatable bonds is 6. The summed E-state index contributed by atoms with van der Waals surface area (Å²) in [6.07, 6.45) is 3.21. The van der Waals surface area contributed by atoms with Gasteiger partial charge in [0.25, 0.3) is 0 Å². The maximum Gasteiger partial charge on any atom is 0.360 e. The molecule has 1 aliphatic rings. The highest BCUT2D eigenvalue weighted by Gasteiger charge is 2.40. The molecule has 0 radical (unpaired) electrons. The molecule has 1 N–H and O–H groups in total. The molecule has 1 aromatic rings. The zero-order valence-electron chi connectivity index (χ0n) is 14.5. The van der Waals surface area contributed by atoms with Gasteiger partial charge in [0.1, 0.15) is 0 Å². The van der Waals surface area contributed by atoms with Gasteiger partial charge < -0.3 is 14.2 Å². The first kappa shape index (κ1) is 18.7. The molecular weight excluding hydrogens is 311 g/mol. The van der Waals surface area contributed by atoms with Crippen molar-refractivity contribution in [1.82, 2.24) is 0 Å². The highest BCUT2D eigenvalue weighted by Crippen LogP contribution is 2.58. The van der Waals surface area contributed by atoms with E-state index in [4.69, 9.17) is 9.26 Å². The van der Waals surface area contributed by atoms with Crippen LogP contribution in [0.3, 0.4) is 0 Å². The number of hydrogen-bond donors (Lipinski definition) is 1. The highest BCUT2D eigenvalue weighted by atomic mass is 31.2. The Bertz CT molecular complexity index is 531. The third kappa shape index (κ3) is 4.67. The molecule has 4 nitrogen and oxygen atoms in total. The summed E-state index contributed by atoms with van der Waals surface area (Å²) in [5, 5.41) is 0. The van der Waals surface area contributed by atoms with Gasteiger partial charge in [-0.1, -0.05) is 57.5 Å². The average Bonchev–Trinajstić information content (AvgIpc) is 2.53. The van der Waals surface area contributed by atoms with Gasteiger partial charge in [-0.05, 0) is 36.2 Å². The molecule has 5 heteroatoms. The minimum absolute atomic E-state index is 0.0143. The Balaban J connectivity index is 2.27. The van der Waals surface area contributed by atoms with Crippen LogP contribution in [0, 0.1) is 17.8 Å². The van der Waals surface area contributed by atoms with Crippen LogP contribution in [0.15, 0.2) is 30.3 Å². The maximum atomic E-state index is 12.5. The number of benzene rings is 1. The fourth-order valence-electron chi connectivity index (χ4n) is 3.49. The molecule has 1 aliphatic carbocycles. The summed E-state index contributed by atoms with van der Waals surface area (Å²) in [7, 11) is -2.60. The molecule has 130 valence electrons. The van der Waals surface area contributed by atoms with Gasteiger partial charge in [0.15, 0.2) is 5.85 Å². The van der Waals surface area contributed by atoms with Crippen LogP contribution in [0.5, 0.6) is 0 Å². The summed E-state index contributed by atoms with van der Waals surface area (Å²) in [6.45, 7) is 6.62. The van der Waals surface area contributed by atoms with Gasteiger partial charge in [-0.3, -0.25) is 4.57 Å². The lowest BCUT2D eigenvalue weighted by atomic mass is 9.75. The van der Waals surface area contributed by atoms with Gasteiger partial charge in [0.2, 0.25) is 0 Å². The Morgan fingerprint density at radius 1 is 1.22 bits per heavy atom. The summed E-state index contributed by atoms with van der Waals surface area (Å²) < 4.78 is 23.7. The van der Waals surface area contributed by atoms with E-state index in [0.29, 0.717) is 23.3 Å². The minimum atomic E-state index is -3.87. The van der Waals surface area contributed by atoms with E-state index in [9.17, 15) is 9.46 Å². The van der Waals surface area contributed by atoms with Crippen molar-refractivity contribution in [3.8, 4) is 0 Å². The number of ether oxygens (including phenoxy) is 1. The second-order valence-corrected chi connectivity index (χ2v) is 8.97. The summed E-state index contributed by atoms with van der Waals surface area (Å²) in [5.74, 6) is 0.552. The van der Waals surface area contributed by atoms with Gasteiger partial charge in [0, 0.05) is 7.11 Å². The molecule has 0 aliphatic heterocycles. The molecule has 2 rings (SSSR count). The van der Waals surface area contributed by atoms with E-state index in [1.54, 1.807) is 0 Å². The van der Waals surface area contributed by atoms with E-state index >= 15 is 0 Å². The molecule has 5 atom stereocenters. The first-order chi connectivity index (χ1) is 10.8. The molecule has 0 bridgehead atoms. The van der Waals surface area contributed by atoms with Gasteiger partial charge in [-0.2, -0.15) is 0 Å². The van der Waals surface area contributed by atoms with Gasteiger partial charge in [0.05, 0.1) is 6.10 Å². The molecule has 0 saturated heterocycles. The molecule has 23 heavy (non-hydrogen) atoms. The molecule has 0 amide bonds. The molecule has 1 saturated carbocycles. The van der Waals surface area contributed by atoms with Crippen LogP contribution >= 0.6 is 7.60 Å². The van der Waals surface area contributed by atoms with Crippen LogP contribution in [-0.2, 0) is 13.8 Å².